The Hall–Kier alpha value is -2.30. The summed E-state index contributed by atoms with van der Waals surface area (Å²) in [5, 5.41) is 7.69. The number of rotatable bonds is 1. The van der Waals surface area contributed by atoms with Gasteiger partial charge in [0.05, 0.1) is 0 Å². The number of benzene rings is 1. The fourth-order valence-electron chi connectivity index (χ4n) is 1.60. The molecular weight excluding hydrogens is 207 g/mol. The predicted molar refractivity (Wildman–Crippen MR) is 56.2 cm³/mol. The van der Waals surface area contributed by atoms with Crippen LogP contribution < -0.4 is 0 Å². The van der Waals surface area contributed by atoms with Crippen molar-refractivity contribution in [2.45, 2.75) is 0 Å². The first-order chi connectivity index (χ1) is 7.86. The van der Waals surface area contributed by atoms with E-state index in [1.54, 1.807) is 41.3 Å². The molecule has 2 heterocycles. The van der Waals surface area contributed by atoms with Gasteiger partial charge in [-0.05, 0) is 12.1 Å². The van der Waals surface area contributed by atoms with Gasteiger partial charge in [0.1, 0.15) is 17.8 Å². The summed E-state index contributed by atoms with van der Waals surface area (Å²) < 4.78 is 15.3. The first kappa shape index (κ1) is 8.96. The average molecular weight is 214 g/mol. The number of hydrogen-bond donors (Lipinski definition) is 0. The van der Waals surface area contributed by atoms with Crippen molar-refractivity contribution in [2.75, 3.05) is 0 Å². The fourth-order valence-corrected chi connectivity index (χ4v) is 1.60. The first-order valence-electron chi connectivity index (χ1n) is 4.75. The van der Waals surface area contributed by atoms with Crippen LogP contribution in [0.15, 0.2) is 43.0 Å². The molecule has 0 atom stereocenters. The van der Waals surface area contributed by atoms with E-state index < -0.39 is 0 Å². The number of halogens is 1. The Morgan fingerprint density at radius 1 is 1.19 bits per heavy atom. The number of fused-ring (bicyclic) bond motifs is 1. The van der Waals surface area contributed by atoms with Crippen LogP contribution in [0.4, 0.5) is 4.39 Å². The van der Waals surface area contributed by atoms with E-state index in [0.717, 1.165) is 0 Å². The van der Waals surface area contributed by atoms with Crippen LogP contribution in [0.5, 0.6) is 0 Å². The van der Waals surface area contributed by atoms with Crippen molar-refractivity contribution in [1.82, 2.24) is 19.6 Å². The van der Waals surface area contributed by atoms with E-state index in [1.165, 1.54) is 6.07 Å². The summed E-state index contributed by atoms with van der Waals surface area (Å²) in [7, 11) is 0. The number of aromatic nitrogens is 4. The minimum absolute atomic E-state index is 0.314. The monoisotopic (exact) mass is 214 g/mol. The molecule has 0 saturated heterocycles. The predicted octanol–water partition coefficient (Wildman–Crippen LogP) is 1.93. The molecule has 0 unspecified atom stereocenters. The third-order valence-corrected chi connectivity index (χ3v) is 2.34. The molecule has 0 bridgehead atoms. The normalized spacial score (nSPS) is 10.8. The van der Waals surface area contributed by atoms with E-state index in [-0.39, 0.29) is 5.82 Å². The molecule has 0 spiro atoms. The molecule has 2 aromatic heterocycles. The maximum atomic E-state index is 13.6. The topological polar surface area (TPSA) is 43.1 Å². The zero-order valence-corrected chi connectivity index (χ0v) is 8.21. The summed E-state index contributed by atoms with van der Waals surface area (Å²) >= 11 is 0. The lowest BCUT2D eigenvalue weighted by Crippen LogP contribution is -1.93. The van der Waals surface area contributed by atoms with Crippen LogP contribution in [0.2, 0.25) is 0 Å². The third-order valence-electron chi connectivity index (χ3n) is 2.34. The molecule has 0 aliphatic rings. The number of nitrogens with zero attached hydrogens (tertiary/aromatic N) is 4. The van der Waals surface area contributed by atoms with Gasteiger partial charge in [-0.2, -0.15) is 0 Å². The molecule has 0 aliphatic heterocycles. The molecule has 78 valence electrons. The summed E-state index contributed by atoms with van der Waals surface area (Å²) in [4.78, 5) is 4.15. The van der Waals surface area contributed by atoms with Gasteiger partial charge < -0.3 is 0 Å². The molecular formula is C11H7FN4. The largest absolute Gasteiger partial charge is 0.286 e. The first-order valence-corrected chi connectivity index (χ1v) is 4.75. The maximum absolute atomic E-state index is 13.6. The van der Waals surface area contributed by atoms with Crippen molar-refractivity contribution in [3.63, 3.8) is 0 Å². The van der Waals surface area contributed by atoms with Crippen molar-refractivity contribution in [3.05, 3.63) is 48.8 Å². The summed E-state index contributed by atoms with van der Waals surface area (Å²) in [6.45, 7) is 0. The van der Waals surface area contributed by atoms with Gasteiger partial charge in [0.2, 0.25) is 0 Å². The van der Waals surface area contributed by atoms with Crippen LogP contribution in [0.25, 0.3) is 16.9 Å². The van der Waals surface area contributed by atoms with Gasteiger partial charge >= 0.3 is 0 Å². The molecule has 0 radical (unpaired) electrons. The summed E-state index contributed by atoms with van der Waals surface area (Å²) in [5.41, 5.74) is 1.48. The molecule has 0 aliphatic carbocycles. The molecule has 16 heavy (non-hydrogen) atoms. The van der Waals surface area contributed by atoms with Gasteiger partial charge in [-0.1, -0.05) is 12.1 Å². The van der Waals surface area contributed by atoms with Crippen molar-refractivity contribution >= 4 is 5.65 Å². The van der Waals surface area contributed by atoms with Crippen LogP contribution in [-0.4, -0.2) is 19.6 Å². The smallest absolute Gasteiger partial charge is 0.187 e. The Balaban J connectivity index is 2.34. The lowest BCUT2D eigenvalue weighted by atomic mass is 10.1. The fraction of sp³-hybridized carbons (Fsp3) is 0. The van der Waals surface area contributed by atoms with Crippen molar-refractivity contribution in [1.29, 1.82) is 0 Å². The Morgan fingerprint density at radius 2 is 2.06 bits per heavy atom. The highest BCUT2D eigenvalue weighted by molar-refractivity contribution is 5.73. The molecule has 4 nitrogen and oxygen atoms in total. The van der Waals surface area contributed by atoms with E-state index in [0.29, 0.717) is 16.9 Å². The highest BCUT2D eigenvalue weighted by Crippen LogP contribution is 2.22. The Labute approximate surface area is 90.4 Å². The van der Waals surface area contributed by atoms with Gasteiger partial charge in [-0.3, -0.25) is 9.38 Å². The quantitative estimate of drug-likeness (QED) is 0.621. The van der Waals surface area contributed by atoms with Crippen molar-refractivity contribution in [3.8, 4) is 11.3 Å². The maximum Gasteiger partial charge on any atom is 0.187 e. The summed E-state index contributed by atoms with van der Waals surface area (Å²) in [6, 6.07) is 6.48. The van der Waals surface area contributed by atoms with E-state index in [4.69, 9.17) is 0 Å². The zero-order valence-electron chi connectivity index (χ0n) is 8.21. The van der Waals surface area contributed by atoms with Crippen molar-refractivity contribution < 1.29 is 4.39 Å². The molecule has 0 N–H and O–H groups in total. The van der Waals surface area contributed by atoms with Crippen LogP contribution >= 0.6 is 0 Å². The molecule has 0 saturated carbocycles. The molecule has 1 aromatic carbocycles. The van der Waals surface area contributed by atoms with Crippen LogP contribution in [-0.2, 0) is 0 Å². The van der Waals surface area contributed by atoms with E-state index in [2.05, 4.69) is 15.2 Å². The molecule has 3 rings (SSSR count). The van der Waals surface area contributed by atoms with Gasteiger partial charge in [0.15, 0.2) is 5.65 Å². The molecule has 5 heteroatoms. The van der Waals surface area contributed by atoms with Crippen LogP contribution in [0.1, 0.15) is 0 Å². The number of hydrogen-bond acceptors (Lipinski definition) is 3. The van der Waals surface area contributed by atoms with E-state index >= 15 is 0 Å². The van der Waals surface area contributed by atoms with E-state index in [1.807, 2.05) is 0 Å². The van der Waals surface area contributed by atoms with Gasteiger partial charge in [0.25, 0.3) is 0 Å². The Bertz CT molecular complexity index is 647. The second-order valence-electron chi connectivity index (χ2n) is 3.32. The zero-order chi connectivity index (χ0) is 11.0. The molecule has 0 fully saturated rings. The van der Waals surface area contributed by atoms with E-state index in [9.17, 15) is 4.39 Å². The van der Waals surface area contributed by atoms with Crippen LogP contribution in [0, 0.1) is 5.82 Å². The molecule has 3 aromatic rings. The van der Waals surface area contributed by atoms with Gasteiger partial charge in [-0.15, -0.1) is 10.2 Å². The minimum atomic E-state index is -0.314. The standard InChI is InChI=1S/C11H7FN4/c12-9-4-2-1-3-8(9)10-11-15-14-7-16(11)6-5-13-10/h1-7H. The average Bonchev–Trinajstić information content (AvgIpc) is 2.77. The third kappa shape index (κ3) is 1.25. The second-order valence-corrected chi connectivity index (χ2v) is 3.32. The Morgan fingerprint density at radius 3 is 2.94 bits per heavy atom. The summed E-state index contributed by atoms with van der Waals surface area (Å²) in [5.74, 6) is -0.314. The van der Waals surface area contributed by atoms with Crippen LogP contribution in [0.3, 0.4) is 0 Å². The second kappa shape index (κ2) is 3.37. The lowest BCUT2D eigenvalue weighted by molar-refractivity contribution is 0.630. The lowest BCUT2D eigenvalue weighted by Gasteiger charge is -2.02. The SMILES string of the molecule is Fc1ccccc1-c1nccn2cnnc12. The summed E-state index contributed by atoms with van der Waals surface area (Å²) in [6.07, 6.45) is 4.87. The van der Waals surface area contributed by atoms with Gasteiger partial charge in [-0.25, -0.2) is 4.39 Å². The molecule has 0 amide bonds. The Kier molecular flexibility index (Phi) is 1.89. The van der Waals surface area contributed by atoms with Crippen molar-refractivity contribution in [2.24, 2.45) is 0 Å². The minimum Gasteiger partial charge on any atom is -0.286 e. The highest BCUT2D eigenvalue weighted by atomic mass is 19.1. The van der Waals surface area contributed by atoms with Gasteiger partial charge in [0, 0.05) is 18.0 Å². The highest BCUT2D eigenvalue weighted by Gasteiger charge is 2.10.